The molecule has 2 aromatic rings. The van der Waals surface area contributed by atoms with E-state index in [1.165, 1.54) is 6.92 Å². The highest BCUT2D eigenvalue weighted by molar-refractivity contribution is 5.73. The lowest BCUT2D eigenvalue weighted by Crippen LogP contribution is -2.25. The van der Waals surface area contributed by atoms with Gasteiger partial charge in [-0.1, -0.05) is 17.2 Å². The van der Waals surface area contributed by atoms with Crippen molar-refractivity contribution in [3.63, 3.8) is 0 Å². The lowest BCUT2D eigenvalue weighted by Gasteiger charge is -1.96. The van der Waals surface area contributed by atoms with E-state index in [-0.39, 0.29) is 5.90 Å². The molecule has 0 spiro atoms. The van der Waals surface area contributed by atoms with Crippen molar-refractivity contribution in [1.82, 2.24) is 4.68 Å². The Bertz CT molecular complexity index is 495. The van der Waals surface area contributed by atoms with Crippen LogP contribution in [0.4, 0.5) is 0 Å². The van der Waals surface area contributed by atoms with Crippen molar-refractivity contribution in [2.24, 2.45) is 12.1 Å². The third kappa shape index (κ3) is 1.35. The van der Waals surface area contributed by atoms with Gasteiger partial charge < -0.3 is 5.11 Å². The van der Waals surface area contributed by atoms with Gasteiger partial charge in [0.15, 0.2) is 5.52 Å². The summed E-state index contributed by atoms with van der Waals surface area (Å²) in [7, 11) is 1.93. The van der Waals surface area contributed by atoms with Gasteiger partial charge in [0.2, 0.25) is 5.52 Å². The number of benzene rings is 1. The molecule has 0 radical (unpaired) electrons. The van der Waals surface area contributed by atoms with Crippen LogP contribution in [0.15, 0.2) is 35.7 Å². The predicted octanol–water partition coefficient (Wildman–Crippen LogP) is 0.00760. The van der Waals surface area contributed by atoms with Gasteiger partial charge in [-0.3, -0.25) is 0 Å². The number of hydrogen-bond donors (Lipinski definition) is 0. The highest BCUT2D eigenvalue weighted by Gasteiger charge is 2.10. The molecule has 0 N–H and O–H groups in total. The van der Waals surface area contributed by atoms with E-state index in [1.807, 2.05) is 35.9 Å². The molecule has 1 aromatic heterocycles. The minimum atomic E-state index is -0.202. The summed E-state index contributed by atoms with van der Waals surface area (Å²) in [4.78, 5) is 0. The second-order valence-electron chi connectivity index (χ2n) is 3.18. The molecule has 0 aliphatic rings. The van der Waals surface area contributed by atoms with Gasteiger partial charge in [-0.05, 0) is 19.1 Å². The summed E-state index contributed by atoms with van der Waals surface area (Å²) in [5, 5.41) is 14.7. The number of para-hydroxylation sites is 2. The van der Waals surface area contributed by atoms with Gasteiger partial charge in [-0.25, -0.2) is 4.57 Å². The summed E-state index contributed by atoms with van der Waals surface area (Å²) in [5.41, 5.74) is 1.99. The number of hydrogen-bond acceptors (Lipinski definition) is 2. The van der Waals surface area contributed by atoms with E-state index in [2.05, 4.69) is 5.10 Å². The van der Waals surface area contributed by atoms with Crippen LogP contribution in [-0.4, -0.2) is 10.6 Å². The van der Waals surface area contributed by atoms with Crippen LogP contribution in [-0.2, 0) is 7.05 Å². The molecule has 0 aliphatic carbocycles. The number of aryl methyl sites for hydroxylation is 1. The standard InChI is InChI=1S/C10H11N3O/c1-8(14)11-13-7-12(2)9-5-3-4-6-10(9)13/h3-7H,1-2H3. The molecule has 1 aromatic carbocycles. The summed E-state index contributed by atoms with van der Waals surface area (Å²) in [5.74, 6) is -0.202. The van der Waals surface area contributed by atoms with Crippen molar-refractivity contribution in [3.8, 4) is 0 Å². The minimum absolute atomic E-state index is 0.202. The van der Waals surface area contributed by atoms with Crippen molar-refractivity contribution in [2.75, 3.05) is 0 Å². The molecule has 4 heteroatoms. The molecular formula is C10H11N3O. The summed E-state index contributed by atoms with van der Waals surface area (Å²) in [6.45, 7) is 1.44. The fourth-order valence-corrected chi connectivity index (χ4v) is 1.48. The third-order valence-corrected chi connectivity index (χ3v) is 2.04. The lowest BCUT2D eigenvalue weighted by atomic mass is 10.3. The number of aromatic nitrogens is 2. The Hall–Kier alpha value is -1.84. The minimum Gasteiger partial charge on any atom is -0.859 e. The second-order valence-corrected chi connectivity index (χ2v) is 3.18. The Kier molecular flexibility index (Phi) is 1.96. The smallest absolute Gasteiger partial charge is 0.270 e. The first-order chi connectivity index (χ1) is 6.68. The summed E-state index contributed by atoms with van der Waals surface area (Å²) in [6, 6.07) is 7.80. The Morgan fingerprint density at radius 3 is 2.86 bits per heavy atom. The first-order valence-corrected chi connectivity index (χ1v) is 4.37. The fourth-order valence-electron chi connectivity index (χ4n) is 1.48. The fraction of sp³-hybridized carbons (Fsp3) is 0.200. The molecule has 72 valence electrons. The van der Waals surface area contributed by atoms with Crippen LogP contribution >= 0.6 is 0 Å². The lowest BCUT2D eigenvalue weighted by molar-refractivity contribution is -0.645. The average Bonchev–Trinajstić information content (AvgIpc) is 2.44. The van der Waals surface area contributed by atoms with E-state index < -0.39 is 0 Å². The zero-order valence-electron chi connectivity index (χ0n) is 8.14. The maximum Gasteiger partial charge on any atom is 0.270 e. The molecule has 2 rings (SSSR count). The van der Waals surface area contributed by atoms with Crippen LogP contribution < -0.4 is 9.67 Å². The van der Waals surface area contributed by atoms with E-state index in [1.54, 1.807) is 11.0 Å². The molecule has 0 aliphatic heterocycles. The molecule has 0 amide bonds. The first-order valence-electron chi connectivity index (χ1n) is 4.37. The van der Waals surface area contributed by atoms with Gasteiger partial charge >= 0.3 is 0 Å². The zero-order chi connectivity index (χ0) is 10.1. The summed E-state index contributed by atoms with van der Waals surface area (Å²) in [6.07, 6.45) is 1.78. The number of fused-ring (bicyclic) bond motifs is 1. The van der Waals surface area contributed by atoms with Gasteiger partial charge in [0.1, 0.15) is 0 Å². The van der Waals surface area contributed by atoms with E-state index in [0.29, 0.717) is 0 Å². The van der Waals surface area contributed by atoms with E-state index in [4.69, 9.17) is 0 Å². The summed E-state index contributed by atoms with van der Waals surface area (Å²) < 4.78 is 3.53. The van der Waals surface area contributed by atoms with Gasteiger partial charge in [0, 0.05) is 5.90 Å². The van der Waals surface area contributed by atoms with E-state index in [9.17, 15) is 5.11 Å². The third-order valence-electron chi connectivity index (χ3n) is 2.04. The van der Waals surface area contributed by atoms with Crippen molar-refractivity contribution < 1.29 is 9.67 Å². The monoisotopic (exact) mass is 189 g/mol. The van der Waals surface area contributed by atoms with Gasteiger partial charge in [0.25, 0.3) is 6.33 Å². The first kappa shape index (κ1) is 8.74. The molecule has 0 bridgehead atoms. The molecule has 14 heavy (non-hydrogen) atoms. The second kappa shape index (κ2) is 3.14. The maximum atomic E-state index is 10.9. The van der Waals surface area contributed by atoms with Crippen molar-refractivity contribution >= 4 is 16.9 Å². The topological polar surface area (TPSA) is 44.2 Å². The van der Waals surface area contributed by atoms with Gasteiger partial charge in [-0.15, -0.1) is 4.68 Å². The summed E-state index contributed by atoms with van der Waals surface area (Å²) >= 11 is 0. The molecule has 1 heterocycles. The number of nitrogens with zero attached hydrogens (tertiary/aromatic N) is 3. The molecule has 4 nitrogen and oxygen atoms in total. The number of rotatable bonds is 1. The Labute approximate surface area is 81.7 Å². The zero-order valence-corrected chi connectivity index (χ0v) is 8.14. The number of imidazole rings is 1. The van der Waals surface area contributed by atoms with E-state index >= 15 is 0 Å². The van der Waals surface area contributed by atoms with Crippen molar-refractivity contribution in [1.29, 1.82) is 0 Å². The van der Waals surface area contributed by atoms with Crippen LogP contribution in [0.3, 0.4) is 0 Å². The highest BCUT2D eigenvalue weighted by Crippen LogP contribution is 2.09. The van der Waals surface area contributed by atoms with Gasteiger partial charge in [0.05, 0.1) is 7.05 Å². The van der Waals surface area contributed by atoms with Gasteiger partial charge in [-0.2, -0.15) is 0 Å². The Balaban J connectivity index is 2.73. The van der Waals surface area contributed by atoms with Crippen molar-refractivity contribution in [2.45, 2.75) is 6.92 Å². The SMILES string of the molecule is C/C([O-])=N\n1c[n+](C)c2ccccc21. The molecule has 0 saturated carbocycles. The average molecular weight is 189 g/mol. The quantitative estimate of drug-likeness (QED) is 0.354. The van der Waals surface area contributed by atoms with Crippen LogP contribution in [0, 0.1) is 0 Å². The van der Waals surface area contributed by atoms with Crippen LogP contribution in [0.2, 0.25) is 0 Å². The molecule has 0 atom stereocenters. The molecule has 0 saturated heterocycles. The van der Waals surface area contributed by atoms with Crippen LogP contribution in [0.1, 0.15) is 6.92 Å². The predicted molar refractivity (Wildman–Crippen MR) is 51.6 cm³/mol. The normalized spacial score (nSPS) is 12.3. The Morgan fingerprint density at radius 2 is 2.14 bits per heavy atom. The van der Waals surface area contributed by atoms with Crippen molar-refractivity contribution in [3.05, 3.63) is 30.6 Å². The molecular weight excluding hydrogens is 178 g/mol. The highest BCUT2D eigenvalue weighted by atomic mass is 16.3. The van der Waals surface area contributed by atoms with Crippen LogP contribution in [0.5, 0.6) is 0 Å². The molecule has 0 unspecified atom stereocenters. The maximum absolute atomic E-state index is 10.9. The largest absolute Gasteiger partial charge is 0.859 e. The Morgan fingerprint density at radius 1 is 1.43 bits per heavy atom. The van der Waals surface area contributed by atoms with E-state index in [0.717, 1.165) is 11.0 Å². The van der Waals surface area contributed by atoms with Crippen LogP contribution in [0.25, 0.3) is 11.0 Å². The molecule has 0 fully saturated rings.